The average Bonchev–Trinajstić information content (AvgIpc) is 2.83. The van der Waals surface area contributed by atoms with Crippen LogP contribution in [0, 0.1) is 12.7 Å². The van der Waals surface area contributed by atoms with E-state index >= 15 is 0 Å². The highest BCUT2D eigenvalue weighted by Crippen LogP contribution is 2.18. The molecule has 0 saturated carbocycles. The standard InChI is InChI=1S/C13H13FN2O2/c1-8-10(14)3-2-4-11(8)16-13(17)12-6-5-9(7-15)18-12/h2-6H,7,15H2,1H3,(H,16,17). The lowest BCUT2D eigenvalue weighted by Gasteiger charge is -2.07. The molecule has 2 aromatic rings. The van der Waals surface area contributed by atoms with Gasteiger partial charge >= 0.3 is 0 Å². The van der Waals surface area contributed by atoms with Crippen LogP contribution in [-0.4, -0.2) is 5.91 Å². The van der Waals surface area contributed by atoms with E-state index in [9.17, 15) is 9.18 Å². The number of rotatable bonds is 3. The Morgan fingerprint density at radius 1 is 1.39 bits per heavy atom. The number of hydrogen-bond donors (Lipinski definition) is 2. The maximum Gasteiger partial charge on any atom is 0.291 e. The summed E-state index contributed by atoms with van der Waals surface area (Å²) in [6, 6.07) is 7.67. The molecule has 1 heterocycles. The summed E-state index contributed by atoms with van der Waals surface area (Å²) in [5, 5.41) is 2.59. The van der Waals surface area contributed by atoms with Crippen molar-refractivity contribution < 1.29 is 13.6 Å². The van der Waals surface area contributed by atoms with Gasteiger partial charge in [0.05, 0.1) is 6.54 Å². The predicted molar refractivity (Wildman–Crippen MR) is 65.7 cm³/mol. The SMILES string of the molecule is Cc1c(F)cccc1NC(=O)c1ccc(CN)o1. The van der Waals surface area contributed by atoms with E-state index in [1.165, 1.54) is 18.2 Å². The summed E-state index contributed by atoms with van der Waals surface area (Å²) in [4.78, 5) is 11.8. The number of furan rings is 1. The van der Waals surface area contributed by atoms with Crippen molar-refractivity contribution >= 4 is 11.6 Å². The molecule has 1 amide bonds. The summed E-state index contributed by atoms with van der Waals surface area (Å²) in [6.07, 6.45) is 0. The number of benzene rings is 1. The Bertz CT molecular complexity index is 578. The van der Waals surface area contributed by atoms with Crippen LogP contribution in [0.5, 0.6) is 0 Å². The van der Waals surface area contributed by atoms with Gasteiger partial charge in [0.15, 0.2) is 5.76 Å². The minimum Gasteiger partial charge on any atom is -0.455 e. The molecular formula is C13H13FN2O2. The molecule has 0 atom stereocenters. The van der Waals surface area contributed by atoms with Gasteiger partial charge in [-0.25, -0.2) is 4.39 Å². The Morgan fingerprint density at radius 3 is 2.83 bits per heavy atom. The first kappa shape index (κ1) is 12.3. The minimum absolute atomic E-state index is 0.152. The molecule has 5 heteroatoms. The van der Waals surface area contributed by atoms with Gasteiger partial charge in [-0.05, 0) is 31.2 Å². The summed E-state index contributed by atoms with van der Waals surface area (Å²) in [7, 11) is 0. The summed E-state index contributed by atoms with van der Waals surface area (Å²) in [5.41, 5.74) is 6.19. The van der Waals surface area contributed by atoms with Gasteiger partial charge in [0.1, 0.15) is 11.6 Å². The minimum atomic E-state index is -0.427. The van der Waals surface area contributed by atoms with Crippen LogP contribution in [0.15, 0.2) is 34.7 Å². The Labute approximate surface area is 104 Å². The number of nitrogens with one attached hydrogen (secondary N) is 1. The van der Waals surface area contributed by atoms with Gasteiger partial charge in [0.2, 0.25) is 0 Å². The van der Waals surface area contributed by atoms with E-state index in [0.717, 1.165) is 0 Å². The summed E-state index contributed by atoms with van der Waals surface area (Å²) in [6.45, 7) is 1.82. The summed E-state index contributed by atoms with van der Waals surface area (Å²) < 4.78 is 18.5. The maximum absolute atomic E-state index is 13.3. The van der Waals surface area contributed by atoms with E-state index in [1.54, 1.807) is 19.1 Å². The van der Waals surface area contributed by atoms with Crippen molar-refractivity contribution in [3.63, 3.8) is 0 Å². The first-order valence-electron chi connectivity index (χ1n) is 5.47. The molecule has 0 bridgehead atoms. The average molecular weight is 248 g/mol. The van der Waals surface area contributed by atoms with E-state index in [2.05, 4.69) is 5.32 Å². The fourth-order valence-corrected chi connectivity index (χ4v) is 1.54. The lowest BCUT2D eigenvalue weighted by Crippen LogP contribution is -2.12. The zero-order chi connectivity index (χ0) is 13.1. The van der Waals surface area contributed by atoms with Gasteiger partial charge in [0, 0.05) is 11.3 Å². The lowest BCUT2D eigenvalue weighted by atomic mass is 10.2. The van der Waals surface area contributed by atoms with Crippen molar-refractivity contribution in [3.05, 3.63) is 53.2 Å². The number of anilines is 1. The topological polar surface area (TPSA) is 68.3 Å². The van der Waals surface area contributed by atoms with E-state index in [1.807, 2.05) is 0 Å². The first-order valence-corrected chi connectivity index (χ1v) is 5.47. The molecule has 0 unspecified atom stereocenters. The van der Waals surface area contributed by atoms with Crippen LogP contribution >= 0.6 is 0 Å². The molecule has 0 spiro atoms. The molecule has 0 aliphatic rings. The Morgan fingerprint density at radius 2 is 2.17 bits per heavy atom. The molecule has 0 radical (unpaired) electrons. The molecule has 18 heavy (non-hydrogen) atoms. The van der Waals surface area contributed by atoms with Crippen molar-refractivity contribution in [2.24, 2.45) is 5.73 Å². The Hall–Kier alpha value is -2.14. The highest BCUT2D eigenvalue weighted by atomic mass is 19.1. The van der Waals surface area contributed by atoms with E-state index in [-0.39, 0.29) is 18.1 Å². The van der Waals surface area contributed by atoms with Crippen LogP contribution in [0.4, 0.5) is 10.1 Å². The second kappa shape index (κ2) is 5.01. The third-order valence-corrected chi connectivity index (χ3v) is 2.60. The highest BCUT2D eigenvalue weighted by molar-refractivity contribution is 6.02. The molecule has 2 rings (SSSR count). The van der Waals surface area contributed by atoms with Crippen LogP contribution in [0.1, 0.15) is 21.9 Å². The largest absolute Gasteiger partial charge is 0.455 e. The molecule has 3 N–H and O–H groups in total. The van der Waals surface area contributed by atoms with E-state index < -0.39 is 5.91 Å². The maximum atomic E-state index is 13.3. The number of nitrogens with two attached hydrogens (primary N) is 1. The number of hydrogen-bond acceptors (Lipinski definition) is 3. The Kier molecular flexibility index (Phi) is 3.43. The second-order valence-corrected chi connectivity index (χ2v) is 3.84. The zero-order valence-electron chi connectivity index (χ0n) is 9.87. The molecular weight excluding hydrogens is 235 g/mol. The fourth-order valence-electron chi connectivity index (χ4n) is 1.54. The van der Waals surface area contributed by atoms with Gasteiger partial charge in [0.25, 0.3) is 5.91 Å². The molecule has 94 valence electrons. The van der Waals surface area contributed by atoms with E-state index in [4.69, 9.17) is 10.2 Å². The van der Waals surface area contributed by atoms with Crippen LogP contribution in [0.2, 0.25) is 0 Å². The third kappa shape index (κ3) is 2.41. The van der Waals surface area contributed by atoms with Crippen LogP contribution in [-0.2, 0) is 6.54 Å². The molecule has 0 saturated heterocycles. The smallest absolute Gasteiger partial charge is 0.291 e. The predicted octanol–water partition coefficient (Wildman–Crippen LogP) is 2.44. The second-order valence-electron chi connectivity index (χ2n) is 3.84. The van der Waals surface area contributed by atoms with Crippen molar-refractivity contribution in [3.8, 4) is 0 Å². The first-order chi connectivity index (χ1) is 8.61. The third-order valence-electron chi connectivity index (χ3n) is 2.60. The van der Waals surface area contributed by atoms with Crippen LogP contribution in [0.3, 0.4) is 0 Å². The number of amides is 1. The van der Waals surface area contributed by atoms with Crippen LogP contribution < -0.4 is 11.1 Å². The molecule has 1 aromatic carbocycles. The Balaban J connectivity index is 2.18. The molecule has 0 aliphatic carbocycles. The molecule has 0 aliphatic heterocycles. The number of carbonyl (C=O) groups excluding carboxylic acids is 1. The van der Waals surface area contributed by atoms with Gasteiger partial charge in [-0.15, -0.1) is 0 Å². The quantitative estimate of drug-likeness (QED) is 0.876. The van der Waals surface area contributed by atoms with Crippen molar-refractivity contribution in [2.75, 3.05) is 5.32 Å². The van der Waals surface area contributed by atoms with Crippen LogP contribution in [0.25, 0.3) is 0 Å². The van der Waals surface area contributed by atoms with E-state index in [0.29, 0.717) is 17.0 Å². The van der Waals surface area contributed by atoms with Gasteiger partial charge < -0.3 is 15.5 Å². The fraction of sp³-hybridized carbons (Fsp3) is 0.154. The van der Waals surface area contributed by atoms with Crippen molar-refractivity contribution in [1.82, 2.24) is 0 Å². The van der Waals surface area contributed by atoms with Gasteiger partial charge in [-0.2, -0.15) is 0 Å². The monoisotopic (exact) mass is 248 g/mol. The van der Waals surface area contributed by atoms with Gasteiger partial charge in [-0.1, -0.05) is 6.07 Å². The number of carbonyl (C=O) groups is 1. The van der Waals surface area contributed by atoms with Crippen molar-refractivity contribution in [2.45, 2.75) is 13.5 Å². The van der Waals surface area contributed by atoms with Crippen molar-refractivity contribution in [1.29, 1.82) is 0 Å². The summed E-state index contributed by atoms with van der Waals surface area (Å²) >= 11 is 0. The molecule has 1 aromatic heterocycles. The summed E-state index contributed by atoms with van der Waals surface area (Å²) in [5.74, 6) is -0.117. The normalized spacial score (nSPS) is 10.4. The zero-order valence-corrected chi connectivity index (χ0v) is 9.87. The molecule has 4 nitrogen and oxygen atoms in total. The van der Waals surface area contributed by atoms with Gasteiger partial charge in [-0.3, -0.25) is 4.79 Å². The lowest BCUT2D eigenvalue weighted by molar-refractivity contribution is 0.0995. The molecule has 0 fully saturated rings. The highest BCUT2D eigenvalue weighted by Gasteiger charge is 2.13. The number of halogens is 1.